The van der Waals surface area contributed by atoms with Crippen LogP contribution >= 0.6 is 0 Å². The van der Waals surface area contributed by atoms with Crippen LogP contribution in [0.1, 0.15) is 32.5 Å². The number of carbonyl (C=O) groups is 2. The Bertz CT molecular complexity index is 754. The highest BCUT2D eigenvalue weighted by Gasteiger charge is 2.36. The molecule has 0 saturated heterocycles. The van der Waals surface area contributed by atoms with Crippen LogP contribution in [0.5, 0.6) is 5.75 Å². The summed E-state index contributed by atoms with van der Waals surface area (Å²) in [7, 11) is 1.51. The zero-order valence-electron chi connectivity index (χ0n) is 11.7. The fraction of sp³-hybridized carbons (Fsp3) is 0.125. The maximum absolute atomic E-state index is 12.4. The lowest BCUT2D eigenvalue weighted by atomic mass is 10.1. The maximum atomic E-state index is 12.4. The van der Waals surface area contributed by atoms with E-state index >= 15 is 0 Å². The molecule has 2 N–H and O–H groups in total. The van der Waals surface area contributed by atoms with Crippen LogP contribution < -0.4 is 9.64 Å². The van der Waals surface area contributed by atoms with E-state index in [1.807, 2.05) is 0 Å². The fourth-order valence-corrected chi connectivity index (χ4v) is 2.48. The number of hydrogen-bond acceptors (Lipinski definition) is 4. The van der Waals surface area contributed by atoms with E-state index in [-0.39, 0.29) is 11.5 Å². The number of fused-ring (bicyclic) bond motifs is 1. The Labute approximate surface area is 126 Å². The Hall–Kier alpha value is -2.86. The predicted molar refractivity (Wildman–Crippen MR) is 78.2 cm³/mol. The lowest BCUT2D eigenvalue weighted by Gasteiger charge is -2.21. The summed E-state index contributed by atoms with van der Waals surface area (Å²) in [5.74, 6) is -0.838. The molecule has 1 amide bonds. The van der Waals surface area contributed by atoms with Gasteiger partial charge in [0, 0.05) is 16.8 Å². The highest BCUT2D eigenvalue weighted by molar-refractivity contribution is 6.11. The highest BCUT2D eigenvalue weighted by Crippen LogP contribution is 2.37. The van der Waals surface area contributed by atoms with Gasteiger partial charge in [-0.2, -0.15) is 0 Å². The Morgan fingerprint density at radius 2 is 1.86 bits per heavy atom. The molecule has 1 heterocycles. The number of aromatic carboxylic acids is 1. The molecule has 0 spiro atoms. The highest BCUT2D eigenvalue weighted by atomic mass is 16.5. The first-order valence-corrected chi connectivity index (χ1v) is 6.56. The minimum atomic E-state index is -1.13. The third-order valence-corrected chi connectivity index (χ3v) is 3.62. The summed E-state index contributed by atoms with van der Waals surface area (Å²) in [6.07, 6.45) is -1.13. The van der Waals surface area contributed by atoms with Crippen LogP contribution in [0.3, 0.4) is 0 Å². The van der Waals surface area contributed by atoms with Gasteiger partial charge in [-0.15, -0.1) is 0 Å². The second kappa shape index (κ2) is 5.16. The molecule has 2 aromatic carbocycles. The predicted octanol–water partition coefficient (Wildman–Crippen LogP) is 2.04. The lowest BCUT2D eigenvalue weighted by Crippen LogP contribution is -2.27. The molecule has 112 valence electrons. The molecule has 1 atom stereocenters. The summed E-state index contributed by atoms with van der Waals surface area (Å²) < 4.78 is 5.10. The molecule has 22 heavy (non-hydrogen) atoms. The van der Waals surface area contributed by atoms with E-state index in [0.29, 0.717) is 22.6 Å². The standard InChI is InChI=1S/C16H13NO5/c1-22-11-6-7-12-13(8-11)15(19)17(14(12)18)10-4-2-9(3-5-10)16(20)21/h2-8,15,19H,1H3,(H,20,21). The monoisotopic (exact) mass is 299 g/mol. The van der Waals surface area contributed by atoms with Crippen LogP contribution in [0, 0.1) is 0 Å². The molecule has 0 fully saturated rings. The van der Waals surface area contributed by atoms with Crippen molar-refractivity contribution in [3.05, 3.63) is 59.2 Å². The van der Waals surface area contributed by atoms with Crippen LogP contribution in [-0.4, -0.2) is 29.2 Å². The molecular weight excluding hydrogens is 286 g/mol. The molecule has 0 aromatic heterocycles. The van der Waals surface area contributed by atoms with Crippen molar-refractivity contribution in [2.75, 3.05) is 12.0 Å². The third-order valence-electron chi connectivity index (χ3n) is 3.62. The van der Waals surface area contributed by atoms with Crippen molar-refractivity contribution in [3.63, 3.8) is 0 Å². The molecule has 0 aliphatic carbocycles. The van der Waals surface area contributed by atoms with Crippen molar-refractivity contribution in [1.82, 2.24) is 0 Å². The molecule has 3 rings (SSSR count). The van der Waals surface area contributed by atoms with E-state index in [2.05, 4.69) is 0 Å². The number of carboxylic acids is 1. The second-order valence-electron chi connectivity index (χ2n) is 4.85. The number of anilines is 1. The van der Waals surface area contributed by atoms with Crippen molar-refractivity contribution < 1.29 is 24.5 Å². The molecule has 0 radical (unpaired) electrons. The van der Waals surface area contributed by atoms with Gasteiger partial charge in [-0.3, -0.25) is 9.69 Å². The van der Waals surface area contributed by atoms with Gasteiger partial charge in [0.25, 0.3) is 5.91 Å². The van der Waals surface area contributed by atoms with Crippen LogP contribution in [0.25, 0.3) is 0 Å². The van der Waals surface area contributed by atoms with E-state index in [1.54, 1.807) is 18.2 Å². The van der Waals surface area contributed by atoms with Gasteiger partial charge in [0.1, 0.15) is 5.75 Å². The number of carbonyl (C=O) groups excluding carboxylic acids is 1. The largest absolute Gasteiger partial charge is 0.497 e. The summed E-state index contributed by atoms with van der Waals surface area (Å²) in [6, 6.07) is 10.6. The number of aliphatic hydroxyl groups is 1. The first-order chi connectivity index (χ1) is 10.5. The van der Waals surface area contributed by atoms with Crippen LogP contribution in [0.4, 0.5) is 5.69 Å². The van der Waals surface area contributed by atoms with Crippen molar-refractivity contribution in [1.29, 1.82) is 0 Å². The van der Waals surface area contributed by atoms with E-state index in [9.17, 15) is 14.7 Å². The lowest BCUT2D eigenvalue weighted by molar-refractivity contribution is 0.0696. The van der Waals surface area contributed by atoms with E-state index in [0.717, 1.165) is 0 Å². The van der Waals surface area contributed by atoms with E-state index in [1.165, 1.54) is 36.3 Å². The number of amides is 1. The van der Waals surface area contributed by atoms with E-state index in [4.69, 9.17) is 9.84 Å². The number of benzene rings is 2. The molecule has 6 nitrogen and oxygen atoms in total. The van der Waals surface area contributed by atoms with Crippen LogP contribution in [0.2, 0.25) is 0 Å². The fourth-order valence-electron chi connectivity index (χ4n) is 2.48. The number of rotatable bonds is 3. The average molecular weight is 299 g/mol. The quantitative estimate of drug-likeness (QED) is 0.905. The summed E-state index contributed by atoms with van der Waals surface area (Å²) in [5, 5.41) is 19.3. The summed E-state index contributed by atoms with van der Waals surface area (Å²) in [6.45, 7) is 0. The number of nitrogens with zero attached hydrogens (tertiary/aromatic N) is 1. The first kappa shape index (κ1) is 14.1. The first-order valence-electron chi connectivity index (χ1n) is 6.56. The number of carboxylic acid groups (broad SMARTS) is 1. The number of ether oxygens (including phenoxy) is 1. The molecule has 1 aliphatic heterocycles. The maximum Gasteiger partial charge on any atom is 0.335 e. The Kier molecular flexibility index (Phi) is 3.30. The van der Waals surface area contributed by atoms with Crippen molar-refractivity contribution >= 4 is 17.6 Å². The Morgan fingerprint density at radius 1 is 1.18 bits per heavy atom. The Balaban J connectivity index is 1.99. The number of aliphatic hydroxyl groups excluding tert-OH is 1. The van der Waals surface area contributed by atoms with Crippen LogP contribution in [0.15, 0.2) is 42.5 Å². The van der Waals surface area contributed by atoms with Crippen molar-refractivity contribution in [2.24, 2.45) is 0 Å². The molecule has 0 saturated carbocycles. The molecule has 1 unspecified atom stereocenters. The van der Waals surface area contributed by atoms with Gasteiger partial charge in [0.15, 0.2) is 6.23 Å². The minimum Gasteiger partial charge on any atom is -0.497 e. The van der Waals surface area contributed by atoms with Gasteiger partial charge in [-0.05, 0) is 42.5 Å². The zero-order chi connectivity index (χ0) is 15.9. The molecule has 0 bridgehead atoms. The van der Waals surface area contributed by atoms with Gasteiger partial charge in [-0.1, -0.05) is 0 Å². The molecule has 1 aliphatic rings. The van der Waals surface area contributed by atoms with Crippen LogP contribution in [-0.2, 0) is 0 Å². The van der Waals surface area contributed by atoms with Crippen molar-refractivity contribution in [2.45, 2.75) is 6.23 Å². The van der Waals surface area contributed by atoms with Gasteiger partial charge in [0.05, 0.1) is 12.7 Å². The van der Waals surface area contributed by atoms with Gasteiger partial charge >= 0.3 is 5.97 Å². The van der Waals surface area contributed by atoms with E-state index < -0.39 is 12.2 Å². The summed E-state index contributed by atoms with van der Waals surface area (Å²) in [4.78, 5) is 24.5. The summed E-state index contributed by atoms with van der Waals surface area (Å²) in [5.41, 5.74) is 1.41. The molecule has 2 aromatic rings. The smallest absolute Gasteiger partial charge is 0.335 e. The third kappa shape index (κ3) is 2.10. The normalized spacial score (nSPS) is 16.5. The topological polar surface area (TPSA) is 87.1 Å². The zero-order valence-corrected chi connectivity index (χ0v) is 11.7. The van der Waals surface area contributed by atoms with Gasteiger partial charge in [0.2, 0.25) is 0 Å². The van der Waals surface area contributed by atoms with Gasteiger partial charge < -0.3 is 14.9 Å². The average Bonchev–Trinajstić information content (AvgIpc) is 2.78. The SMILES string of the molecule is COc1ccc2c(c1)C(O)N(c1ccc(C(=O)O)cc1)C2=O. The van der Waals surface area contributed by atoms with Crippen molar-refractivity contribution in [3.8, 4) is 5.75 Å². The Morgan fingerprint density at radius 3 is 2.45 bits per heavy atom. The second-order valence-corrected chi connectivity index (χ2v) is 4.85. The number of methoxy groups -OCH3 is 1. The summed E-state index contributed by atoms with van der Waals surface area (Å²) >= 11 is 0. The van der Waals surface area contributed by atoms with Gasteiger partial charge in [-0.25, -0.2) is 4.79 Å². The molecular formula is C16H13NO5. The number of hydrogen-bond donors (Lipinski definition) is 2. The molecule has 6 heteroatoms. The minimum absolute atomic E-state index is 0.115.